The number of hydrogen-bond donors (Lipinski definition) is 1. The Balaban J connectivity index is 3.27. The minimum atomic E-state index is -0.635. The number of rotatable bonds is 9. The summed E-state index contributed by atoms with van der Waals surface area (Å²) in [6, 6.07) is 0. The topological polar surface area (TPSA) is 43.1 Å². The summed E-state index contributed by atoms with van der Waals surface area (Å²) in [5.41, 5.74) is 5.48. The minimum absolute atomic E-state index is 0.409. The molecule has 0 bridgehead atoms. The zero-order valence-corrected chi connectivity index (χ0v) is 10.4. The average molecular weight is 219 g/mol. The van der Waals surface area contributed by atoms with E-state index >= 15 is 0 Å². The first-order chi connectivity index (χ1) is 6.70. The minimum Gasteiger partial charge on any atom is -0.330 e. The van der Waals surface area contributed by atoms with Crippen molar-refractivity contribution in [3.8, 4) is 0 Å². The Morgan fingerprint density at radius 2 is 1.86 bits per heavy atom. The largest absolute Gasteiger partial charge is 0.330 e. The van der Waals surface area contributed by atoms with Crippen LogP contribution in [0.15, 0.2) is 0 Å². The molecule has 0 rings (SSSR count). The molecule has 2 N–H and O–H groups in total. The summed E-state index contributed by atoms with van der Waals surface area (Å²) in [6.07, 6.45) is 6.22. The average Bonchev–Trinajstić information content (AvgIpc) is 2.17. The van der Waals surface area contributed by atoms with Gasteiger partial charge in [-0.05, 0) is 18.9 Å². The van der Waals surface area contributed by atoms with Gasteiger partial charge in [-0.2, -0.15) is 0 Å². The SMILES string of the molecule is CCCCCCCS(=O)CC(C)CN. The fourth-order valence-electron chi connectivity index (χ4n) is 1.34. The van der Waals surface area contributed by atoms with Crippen molar-refractivity contribution >= 4 is 10.8 Å². The first-order valence-corrected chi connectivity index (χ1v) is 7.24. The van der Waals surface area contributed by atoms with Crippen LogP contribution in [0, 0.1) is 5.92 Å². The molecule has 2 unspecified atom stereocenters. The van der Waals surface area contributed by atoms with Crippen LogP contribution in [0.5, 0.6) is 0 Å². The molecular formula is C11H25NOS. The van der Waals surface area contributed by atoms with Crippen LogP contribution in [-0.2, 0) is 10.8 Å². The van der Waals surface area contributed by atoms with E-state index in [4.69, 9.17) is 5.73 Å². The molecule has 0 aliphatic carbocycles. The van der Waals surface area contributed by atoms with Gasteiger partial charge < -0.3 is 5.73 Å². The highest BCUT2D eigenvalue weighted by Crippen LogP contribution is 2.04. The second-order valence-electron chi connectivity index (χ2n) is 4.07. The summed E-state index contributed by atoms with van der Waals surface area (Å²) in [5, 5.41) is 0. The third-order valence-electron chi connectivity index (χ3n) is 2.35. The van der Waals surface area contributed by atoms with Gasteiger partial charge in [0.25, 0.3) is 0 Å². The van der Waals surface area contributed by atoms with E-state index < -0.39 is 10.8 Å². The molecule has 0 amide bonds. The first-order valence-electron chi connectivity index (χ1n) is 5.75. The Bertz CT molecular complexity index is 150. The van der Waals surface area contributed by atoms with Crippen molar-refractivity contribution in [1.82, 2.24) is 0 Å². The van der Waals surface area contributed by atoms with E-state index in [2.05, 4.69) is 13.8 Å². The quantitative estimate of drug-likeness (QED) is 0.605. The van der Waals surface area contributed by atoms with Crippen LogP contribution in [0.2, 0.25) is 0 Å². The van der Waals surface area contributed by atoms with Gasteiger partial charge >= 0.3 is 0 Å². The third kappa shape index (κ3) is 8.70. The van der Waals surface area contributed by atoms with Crippen molar-refractivity contribution in [3.63, 3.8) is 0 Å². The highest BCUT2D eigenvalue weighted by Gasteiger charge is 2.05. The summed E-state index contributed by atoms with van der Waals surface area (Å²) < 4.78 is 11.5. The van der Waals surface area contributed by atoms with Crippen LogP contribution >= 0.6 is 0 Å². The van der Waals surface area contributed by atoms with E-state index in [1.54, 1.807) is 0 Å². The van der Waals surface area contributed by atoms with Gasteiger partial charge in [0.05, 0.1) is 0 Å². The van der Waals surface area contributed by atoms with Crippen molar-refractivity contribution in [2.45, 2.75) is 46.0 Å². The van der Waals surface area contributed by atoms with Crippen molar-refractivity contribution < 1.29 is 4.21 Å². The molecule has 3 heteroatoms. The summed E-state index contributed by atoms with van der Waals surface area (Å²) in [7, 11) is -0.635. The van der Waals surface area contributed by atoms with Gasteiger partial charge in [0.15, 0.2) is 0 Å². The second-order valence-corrected chi connectivity index (χ2v) is 5.69. The first kappa shape index (κ1) is 14.1. The Morgan fingerprint density at radius 3 is 2.43 bits per heavy atom. The zero-order chi connectivity index (χ0) is 10.8. The van der Waals surface area contributed by atoms with Gasteiger partial charge in [-0.25, -0.2) is 0 Å². The maximum atomic E-state index is 11.5. The van der Waals surface area contributed by atoms with Crippen LogP contribution in [0.3, 0.4) is 0 Å². The number of hydrogen-bond acceptors (Lipinski definition) is 2. The lowest BCUT2D eigenvalue weighted by molar-refractivity contribution is 0.629. The van der Waals surface area contributed by atoms with Crippen LogP contribution in [0.4, 0.5) is 0 Å². The monoisotopic (exact) mass is 219 g/mol. The van der Waals surface area contributed by atoms with E-state index in [0.717, 1.165) is 17.9 Å². The molecule has 14 heavy (non-hydrogen) atoms. The predicted molar refractivity (Wildman–Crippen MR) is 64.9 cm³/mol. The Hall–Kier alpha value is 0.110. The van der Waals surface area contributed by atoms with Crippen molar-refractivity contribution in [2.24, 2.45) is 11.7 Å². The molecule has 0 fully saturated rings. The molecular weight excluding hydrogens is 194 g/mol. The maximum Gasteiger partial charge on any atom is 0.0272 e. The number of nitrogens with two attached hydrogens (primary N) is 1. The number of unbranched alkanes of at least 4 members (excludes halogenated alkanes) is 4. The van der Waals surface area contributed by atoms with Gasteiger partial charge in [0.2, 0.25) is 0 Å². The van der Waals surface area contributed by atoms with Crippen LogP contribution < -0.4 is 5.73 Å². The molecule has 0 radical (unpaired) electrons. The van der Waals surface area contributed by atoms with Gasteiger partial charge in [-0.1, -0.05) is 39.5 Å². The summed E-state index contributed by atoms with van der Waals surface area (Å²) in [6.45, 7) is 4.93. The molecule has 0 spiro atoms. The standard InChI is InChI=1S/C11H25NOS/c1-3-4-5-6-7-8-14(13)10-11(2)9-12/h11H,3-10,12H2,1-2H3. The van der Waals surface area contributed by atoms with Crippen molar-refractivity contribution in [2.75, 3.05) is 18.1 Å². The lowest BCUT2D eigenvalue weighted by Crippen LogP contribution is -2.18. The summed E-state index contributed by atoms with van der Waals surface area (Å²) >= 11 is 0. The van der Waals surface area contributed by atoms with Gasteiger partial charge in [-0.15, -0.1) is 0 Å². The molecule has 2 nitrogen and oxygen atoms in total. The molecule has 0 aliphatic rings. The molecule has 0 aromatic rings. The smallest absolute Gasteiger partial charge is 0.0272 e. The van der Waals surface area contributed by atoms with Crippen LogP contribution in [-0.4, -0.2) is 22.3 Å². The Morgan fingerprint density at radius 1 is 1.21 bits per heavy atom. The molecule has 0 saturated carbocycles. The fraction of sp³-hybridized carbons (Fsp3) is 1.00. The molecule has 0 aromatic carbocycles. The van der Waals surface area contributed by atoms with Crippen molar-refractivity contribution in [3.05, 3.63) is 0 Å². The molecule has 0 heterocycles. The Kier molecular flexibility index (Phi) is 9.73. The zero-order valence-electron chi connectivity index (χ0n) is 9.63. The molecule has 0 aromatic heterocycles. The maximum absolute atomic E-state index is 11.5. The van der Waals surface area contributed by atoms with E-state index in [9.17, 15) is 4.21 Å². The van der Waals surface area contributed by atoms with E-state index in [1.165, 1.54) is 25.7 Å². The van der Waals surface area contributed by atoms with Crippen molar-refractivity contribution in [1.29, 1.82) is 0 Å². The van der Waals surface area contributed by atoms with Crippen LogP contribution in [0.25, 0.3) is 0 Å². The van der Waals surface area contributed by atoms with E-state index in [-0.39, 0.29) is 0 Å². The van der Waals surface area contributed by atoms with Gasteiger partial charge in [0.1, 0.15) is 0 Å². The molecule has 86 valence electrons. The normalized spacial score (nSPS) is 15.4. The molecule has 0 aliphatic heterocycles. The highest BCUT2D eigenvalue weighted by atomic mass is 32.2. The molecule has 0 saturated heterocycles. The summed E-state index contributed by atoms with van der Waals surface area (Å²) in [4.78, 5) is 0. The lowest BCUT2D eigenvalue weighted by Gasteiger charge is -2.07. The molecule has 2 atom stereocenters. The lowest BCUT2D eigenvalue weighted by atomic mass is 10.2. The summed E-state index contributed by atoms with van der Waals surface area (Å²) in [5.74, 6) is 2.06. The van der Waals surface area contributed by atoms with E-state index in [1.807, 2.05) is 0 Å². The predicted octanol–water partition coefficient (Wildman–Crippen LogP) is 2.30. The van der Waals surface area contributed by atoms with Gasteiger partial charge in [0, 0.05) is 22.3 Å². The van der Waals surface area contributed by atoms with E-state index in [0.29, 0.717) is 12.5 Å². The fourth-order valence-corrected chi connectivity index (χ4v) is 2.80. The van der Waals surface area contributed by atoms with Crippen LogP contribution in [0.1, 0.15) is 46.0 Å². The van der Waals surface area contributed by atoms with Gasteiger partial charge in [-0.3, -0.25) is 4.21 Å². The highest BCUT2D eigenvalue weighted by molar-refractivity contribution is 7.84. The second kappa shape index (κ2) is 9.66. The third-order valence-corrected chi connectivity index (χ3v) is 4.03. The Labute approximate surface area is 91.1 Å².